The van der Waals surface area contributed by atoms with Crippen molar-refractivity contribution in [1.82, 2.24) is 9.97 Å². The van der Waals surface area contributed by atoms with Crippen LogP contribution in [0.5, 0.6) is 5.75 Å². The first-order chi connectivity index (χ1) is 11.3. The number of ether oxygens (including phenoxy) is 1. The summed E-state index contributed by atoms with van der Waals surface area (Å²) in [5, 5.41) is 2.31. The topological polar surface area (TPSA) is 48.2 Å². The van der Waals surface area contributed by atoms with Crippen LogP contribution in [0.1, 0.15) is 23.9 Å². The average Bonchev–Trinajstić information content (AvgIpc) is 3.22. The molecular weight excluding hydrogens is 308 g/mol. The van der Waals surface area contributed by atoms with Crippen LogP contribution in [0.4, 0.5) is 0 Å². The fraction of sp³-hybridized carbons (Fsp3) is 0.222. The molecule has 3 heterocycles. The Morgan fingerprint density at radius 1 is 1.22 bits per heavy atom. The number of aromatic nitrogens is 2. The van der Waals surface area contributed by atoms with Crippen molar-refractivity contribution in [3.63, 3.8) is 0 Å². The van der Waals surface area contributed by atoms with Crippen molar-refractivity contribution in [2.75, 3.05) is 0 Å². The van der Waals surface area contributed by atoms with Gasteiger partial charge in [0.25, 0.3) is 0 Å². The number of hydrogen-bond acceptors (Lipinski definition) is 5. The molecule has 0 atom stereocenters. The first-order valence-electron chi connectivity index (χ1n) is 7.65. The van der Waals surface area contributed by atoms with Crippen molar-refractivity contribution in [2.45, 2.75) is 26.4 Å². The van der Waals surface area contributed by atoms with Crippen LogP contribution in [0.15, 0.2) is 47.4 Å². The van der Waals surface area contributed by atoms with Crippen molar-refractivity contribution in [3.05, 3.63) is 53.6 Å². The van der Waals surface area contributed by atoms with E-state index in [4.69, 9.17) is 9.15 Å². The van der Waals surface area contributed by atoms with Gasteiger partial charge in [-0.3, -0.25) is 4.98 Å². The minimum atomic E-state index is 0.492. The van der Waals surface area contributed by atoms with Crippen molar-refractivity contribution in [3.8, 4) is 5.75 Å². The summed E-state index contributed by atoms with van der Waals surface area (Å²) in [4.78, 5) is 9.19. The van der Waals surface area contributed by atoms with Gasteiger partial charge in [0.05, 0.1) is 33.9 Å². The highest BCUT2D eigenvalue weighted by Crippen LogP contribution is 2.31. The minimum Gasteiger partial charge on any atom is -0.489 e. The van der Waals surface area contributed by atoms with Crippen LogP contribution < -0.4 is 4.74 Å². The molecular formula is C18H16N2O2S. The highest BCUT2D eigenvalue weighted by molar-refractivity contribution is 7.19. The molecule has 1 aromatic carbocycles. The van der Waals surface area contributed by atoms with Crippen molar-refractivity contribution in [1.29, 1.82) is 0 Å². The lowest BCUT2D eigenvalue weighted by molar-refractivity contribution is 0.305. The second-order valence-electron chi connectivity index (χ2n) is 5.43. The molecule has 0 unspecified atom stereocenters. The van der Waals surface area contributed by atoms with E-state index in [-0.39, 0.29) is 0 Å². The van der Waals surface area contributed by atoms with E-state index in [1.807, 2.05) is 24.4 Å². The molecule has 0 fully saturated rings. The van der Waals surface area contributed by atoms with Gasteiger partial charge in [-0.15, -0.1) is 11.3 Å². The van der Waals surface area contributed by atoms with E-state index in [9.17, 15) is 0 Å². The van der Waals surface area contributed by atoms with Gasteiger partial charge < -0.3 is 9.15 Å². The van der Waals surface area contributed by atoms with Gasteiger partial charge in [-0.1, -0.05) is 6.92 Å². The lowest BCUT2D eigenvalue weighted by atomic mass is 10.2. The number of pyridine rings is 1. The van der Waals surface area contributed by atoms with Crippen molar-refractivity contribution >= 4 is 32.5 Å². The Morgan fingerprint density at radius 2 is 2.17 bits per heavy atom. The molecule has 4 nitrogen and oxygen atoms in total. The molecule has 23 heavy (non-hydrogen) atoms. The van der Waals surface area contributed by atoms with Crippen LogP contribution in [0.25, 0.3) is 21.1 Å². The van der Waals surface area contributed by atoms with E-state index < -0.39 is 0 Å². The number of benzene rings is 1. The number of fused-ring (bicyclic) bond motifs is 3. The van der Waals surface area contributed by atoms with E-state index in [1.165, 1.54) is 9.71 Å². The second-order valence-corrected chi connectivity index (χ2v) is 6.51. The summed E-state index contributed by atoms with van der Waals surface area (Å²) in [6.45, 7) is 2.66. The van der Waals surface area contributed by atoms with Crippen molar-refractivity contribution < 1.29 is 9.15 Å². The summed E-state index contributed by atoms with van der Waals surface area (Å²) in [5.41, 5.74) is 2.94. The molecule has 4 aromatic rings. The fourth-order valence-corrected chi connectivity index (χ4v) is 3.72. The van der Waals surface area contributed by atoms with Crippen molar-refractivity contribution in [2.24, 2.45) is 0 Å². The maximum atomic E-state index is 5.80. The summed E-state index contributed by atoms with van der Waals surface area (Å²) >= 11 is 1.76. The highest BCUT2D eigenvalue weighted by atomic mass is 32.1. The quantitative estimate of drug-likeness (QED) is 0.520. The van der Waals surface area contributed by atoms with Crippen LogP contribution in [-0.2, 0) is 13.0 Å². The first-order valence-corrected chi connectivity index (χ1v) is 8.47. The number of aryl methyl sites for hydroxylation is 1. The fourth-order valence-electron chi connectivity index (χ4n) is 2.55. The van der Waals surface area contributed by atoms with Gasteiger partial charge >= 0.3 is 0 Å². The molecule has 0 aliphatic heterocycles. The van der Waals surface area contributed by atoms with Crippen LogP contribution in [0.3, 0.4) is 0 Å². The molecule has 0 saturated heterocycles. The van der Waals surface area contributed by atoms with E-state index in [0.29, 0.717) is 6.61 Å². The zero-order valence-corrected chi connectivity index (χ0v) is 13.6. The van der Waals surface area contributed by atoms with E-state index in [1.54, 1.807) is 23.9 Å². The first kappa shape index (κ1) is 14.2. The van der Waals surface area contributed by atoms with Gasteiger partial charge in [-0.25, -0.2) is 4.98 Å². The monoisotopic (exact) mass is 324 g/mol. The lowest BCUT2D eigenvalue weighted by Gasteiger charge is -2.05. The van der Waals surface area contributed by atoms with Gasteiger partial charge in [0.2, 0.25) is 0 Å². The molecule has 4 rings (SSSR count). The molecule has 0 aliphatic rings. The maximum Gasteiger partial charge on any atom is 0.122 e. The number of furan rings is 1. The molecule has 0 amide bonds. The highest BCUT2D eigenvalue weighted by Gasteiger charge is 2.09. The van der Waals surface area contributed by atoms with Gasteiger partial charge in [0.1, 0.15) is 17.9 Å². The Labute approximate surface area is 137 Å². The molecule has 0 radical (unpaired) electrons. The number of thiazole rings is 1. The van der Waals surface area contributed by atoms with Gasteiger partial charge in [0.15, 0.2) is 0 Å². The zero-order chi connectivity index (χ0) is 15.6. The van der Waals surface area contributed by atoms with Crippen LogP contribution in [-0.4, -0.2) is 9.97 Å². The van der Waals surface area contributed by atoms with Crippen LogP contribution >= 0.6 is 11.3 Å². The third kappa shape index (κ3) is 2.80. The summed E-state index contributed by atoms with van der Waals surface area (Å²) in [5.74, 6) is 0.809. The Morgan fingerprint density at radius 3 is 3.00 bits per heavy atom. The van der Waals surface area contributed by atoms with Gasteiger partial charge in [-0.2, -0.15) is 0 Å². The van der Waals surface area contributed by atoms with Crippen LogP contribution in [0, 0.1) is 0 Å². The zero-order valence-electron chi connectivity index (χ0n) is 12.8. The van der Waals surface area contributed by atoms with Crippen LogP contribution in [0.2, 0.25) is 0 Å². The molecule has 0 N–H and O–H groups in total. The smallest absolute Gasteiger partial charge is 0.122 e. The standard InChI is InChI=1S/C18H16N2O2S/c1-2-3-17-20-16-9-19-15-8-13(4-5-14(15)18(16)23-17)22-11-12-6-7-21-10-12/h4-10H,2-3,11H2,1H3. The van der Waals surface area contributed by atoms with E-state index in [0.717, 1.165) is 40.6 Å². The maximum absolute atomic E-state index is 5.80. The predicted octanol–water partition coefficient (Wildman–Crippen LogP) is 4.97. The summed E-state index contributed by atoms with van der Waals surface area (Å²) in [7, 11) is 0. The number of nitrogens with zero attached hydrogens (tertiary/aromatic N) is 2. The summed E-state index contributed by atoms with van der Waals surface area (Å²) < 4.78 is 12.1. The molecule has 3 aromatic heterocycles. The van der Waals surface area contributed by atoms with E-state index in [2.05, 4.69) is 23.0 Å². The number of hydrogen-bond donors (Lipinski definition) is 0. The summed E-state index contributed by atoms with van der Waals surface area (Å²) in [6.07, 6.45) is 7.32. The Balaban J connectivity index is 1.67. The van der Waals surface area contributed by atoms with Gasteiger partial charge in [0, 0.05) is 17.0 Å². The molecule has 0 aliphatic carbocycles. The Kier molecular flexibility index (Phi) is 3.71. The normalized spacial score (nSPS) is 11.3. The average molecular weight is 324 g/mol. The molecule has 5 heteroatoms. The molecule has 0 spiro atoms. The third-order valence-corrected chi connectivity index (χ3v) is 4.85. The van der Waals surface area contributed by atoms with Gasteiger partial charge in [-0.05, 0) is 31.0 Å². The Hall–Kier alpha value is -2.40. The third-order valence-electron chi connectivity index (χ3n) is 3.69. The SMILES string of the molecule is CCCc1nc2cnc3cc(OCc4ccoc4)ccc3c2s1. The minimum absolute atomic E-state index is 0.492. The second kappa shape index (κ2) is 6.01. The lowest BCUT2D eigenvalue weighted by Crippen LogP contribution is -1.93. The molecule has 0 bridgehead atoms. The predicted molar refractivity (Wildman–Crippen MR) is 92.0 cm³/mol. The molecule has 0 saturated carbocycles. The largest absolute Gasteiger partial charge is 0.489 e. The van der Waals surface area contributed by atoms with E-state index >= 15 is 0 Å². The summed E-state index contributed by atoms with van der Waals surface area (Å²) in [6, 6.07) is 7.94. The Bertz CT molecular complexity index is 944. The number of rotatable bonds is 5. The molecule has 116 valence electrons.